The molecule has 0 unspecified atom stereocenters. The van der Waals surface area contributed by atoms with Gasteiger partial charge in [0, 0.05) is 36.8 Å². The summed E-state index contributed by atoms with van der Waals surface area (Å²) in [5, 5.41) is 6.26. The number of hydrogen-bond donors (Lipinski definition) is 4. The van der Waals surface area contributed by atoms with Gasteiger partial charge in [0.15, 0.2) is 0 Å². The Morgan fingerprint density at radius 1 is 1.26 bits per heavy atom. The highest BCUT2D eigenvalue weighted by atomic mass is 32.2. The number of hydrazine groups is 1. The van der Waals surface area contributed by atoms with Gasteiger partial charge in [0.2, 0.25) is 0 Å². The molecule has 0 radical (unpaired) electrons. The van der Waals surface area contributed by atoms with Crippen LogP contribution in [0.5, 0.6) is 0 Å². The van der Waals surface area contributed by atoms with Crippen LogP contribution in [0.1, 0.15) is 11.3 Å². The molecule has 0 spiro atoms. The molecule has 27 heavy (non-hydrogen) atoms. The molecule has 3 aromatic rings. The zero-order valence-electron chi connectivity index (χ0n) is 15.2. The van der Waals surface area contributed by atoms with E-state index >= 15 is 0 Å². The number of nitrogens with one attached hydrogen (secondary N) is 1. The van der Waals surface area contributed by atoms with E-state index < -0.39 is 0 Å². The maximum absolute atomic E-state index is 6.09. The minimum absolute atomic E-state index is 0.364. The lowest BCUT2D eigenvalue weighted by molar-refractivity contribution is 0.508. The van der Waals surface area contributed by atoms with E-state index in [4.69, 9.17) is 17.3 Å². The summed E-state index contributed by atoms with van der Waals surface area (Å²) in [6, 6.07) is 7.77. The maximum atomic E-state index is 6.09. The molecule has 0 aliphatic carbocycles. The summed E-state index contributed by atoms with van der Waals surface area (Å²) in [5.41, 5.74) is 14.1. The number of nitrogens with two attached hydrogens (primary N) is 3. The average molecular weight is 382 g/mol. The van der Waals surface area contributed by atoms with Crippen LogP contribution in [0.4, 0.5) is 17.5 Å². The monoisotopic (exact) mass is 382 g/mol. The van der Waals surface area contributed by atoms with E-state index in [9.17, 15) is 0 Å². The Kier molecular flexibility index (Phi) is 5.63. The highest BCUT2D eigenvalue weighted by Crippen LogP contribution is 2.26. The number of nitrogen functional groups attached to an aromatic ring is 1. The summed E-state index contributed by atoms with van der Waals surface area (Å²) in [7, 11) is 1.69. The summed E-state index contributed by atoms with van der Waals surface area (Å²) in [6.07, 6.45) is 6.93. The number of pyridine rings is 3. The molecule has 3 heterocycles. The van der Waals surface area contributed by atoms with E-state index in [-0.39, 0.29) is 0 Å². The topological polar surface area (TPSA) is 132 Å². The van der Waals surface area contributed by atoms with Crippen LogP contribution in [0.15, 0.2) is 42.9 Å². The maximum Gasteiger partial charge on any atom is 0.133 e. The molecule has 0 amide bonds. The van der Waals surface area contributed by atoms with Crippen molar-refractivity contribution in [2.75, 3.05) is 24.4 Å². The molecule has 7 N–H and O–H groups in total. The van der Waals surface area contributed by atoms with E-state index in [2.05, 4.69) is 26.5 Å². The van der Waals surface area contributed by atoms with Crippen molar-refractivity contribution in [3.63, 3.8) is 0 Å². The molecule has 3 rings (SSSR count). The molecule has 0 fully saturated rings. The molecule has 0 aliphatic heterocycles. The van der Waals surface area contributed by atoms with Crippen LogP contribution in [0.2, 0.25) is 0 Å². The third-order valence-electron chi connectivity index (χ3n) is 3.94. The lowest BCUT2D eigenvalue weighted by Gasteiger charge is -2.16. The first-order valence-electron chi connectivity index (χ1n) is 8.19. The quantitative estimate of drug-likeness (QED) is 0.374. The number of aromatic nitrogens is 3. The Hall–Kier alpha value is -3.04. The lowest BCUT2D eigenvalue weighted by Crippen LogP contribution is -2.25. The second-order valence-corrected chi connectivity index (χ2v) is 6.82. The Balaban J connectivity index is 1.97. The Labute approximate surface area is 161 Å². The Bertz CT molecular complexity index is 986. The van der Waals surface area contributed by atoms with Crippen molar-refractivity contribution in [1.29, 1.82) is 0 Å². The average Bonchev–Trinajstić information content (AvgIpc) is 2.62. The first-order valence-corrected chi connectivity index (χ1v) is 9.59. The second-order valence-electron chi connectivity index (χ2n) is 5.95. The van der Waals surface area contributed by atoms with Gasteiger partial charge in [-0.15, -0.1) is 0 Å². The van der Waals surface area contributed by atoms with Gasteiger partial charge in [-0.2, -0.15) is 11.8 Å². The summed E-state index contributed by atoms with van der Waals surface area (Å²) in [4.78, 5) is 13.1. The van der Waals surface area contributed by atoms with Crippen molar-refractivity contribution in [2.24, 2.45) is 11.6 Å². The highest BCUT2D eigenvalue weighted by molar-refractivity contribution is 7.97. The number of nitrogens with zero attached hydrogens (tertiary/aromatic N) is 4. The molecular formula is C18H22N8S. The Morgan fingerprint density at radius 3 is 2.74 bits per heavy atom. The number of thioether (sulfide) groups is 1. The van der Waals surface area contributed by atoms with Crippen LogP contribution < -0.4 is 22.6 Å². The van der Waals surface area contributed by atoms with E-state index in [0.29, 0.717) is 23.0 Å². The van der Waals surface area contributed by atoms with Crippen LogP contribution in [-0.2, 0) is 5.75 Å². The van der Waals surface area contributed by atoms with E-state index in [1.165, 1.54) is 16.8 Å². The molecule has 140 valence electrons. The van der Waals surface area contributed by atoms with Crippen molar-refractivity contribution in [3.05, 3.63) is 54.1 Å². The van der Waals surface area contributed by atoms with Crippen molar-refractivity contribution in [2.45, 2.75) is 5.75 Å². The molecule has 0 saturated heterocycles. The van der Waals surface area contributed by atoms with Crippen LogP contribution >= 0.6 is 11.8 Å². The van der Waals surface area contributed by atoms with E-state index in [0.717, 1.165) is 22.3 Å². The van der Waals surface area contributed by atoms with Gasteiger partial charge in [0.05, 0.1) is 11.4 Å². The third kappa shape index (κ3) is 4.21. The third-order valence-corrected chi connectivity index (χ3v) is 4.56. The van der Waals surface area contributed by atoms with Crippen molar-refractivity contribution in [3.8, 4) is 0 Å². The van der Waals surface area contributed by atoms with Gasteiger partial charge in [0.25, 0.3) is 0 Å². The van der Waals surface area contributed by atoms with Crippen LogP contribution in [0.25, 0.3) is 16.5 Å². The predicted molar refractivity (Wildman–Crippen MR) is 113 cm³/mol. The summed E-state index contributed by atoms with van der Waals surface area (Å²) in [6.45, 7) is 0. The van der Waals surface area contributed by atoms with Gasteiger partial charge in [-0.3, -0.25) is 0 Å². The first kappa shape index (κ1) is 18.7. The van der Waals surface area contributed by atoms with E-state index in [1.54, 1.807) is 31.2 Å². The van der Waals surface area contributed by atoms with Gasteiger partial charge < -0.3 is 21.8 Å². The minimum atomic E-state index is 0.364. The molecule has 0 atom stereocenters. The summed E-state index contributed by atoms with van der Waals surface area (Å²) in [5.74, 6) is 8.50. The highest BCUT2D eigenvalue weighted by Gasteiger charge is 2.11. The van der Waals surface area contributed by atoms with Crippen molar-refractivity contribution in [1.82, 2.24) is 20.0 Å². The molecule has 0 saturated carbocycles. The SMILES string of the molecule is CSCc1ccnc(Nc2cc3cc(/C(=C/N)N(C)N)nc(N)c3cn2)c1. The molecule has 0 bridgehead atoms. The molecule has 3 aromatic heterocycles. The zero-order chi connectivity index (χ0) is 19.4. The minimum Gasteiger partial charge on any atom is -0.403 e. The van der Waals surface area contributed by atoms with Crippen molar-refractivity contribution < 1.29 is 0 Å². The fourth-order valence-electron chi connectivity index (χ4n) is 2.69. The number of anilines is 3. The predicted octanol–water partition coefficient (Wildman–Crippen LogP) is 2.28. The molecule has 8 nitrogen and oxygen atoms in total. The second kappa shape index (κ2) is 8.11. The van der Waals surface area contributed by atoms with Gasteiger partial charge in [0.1, 0.15) is 17.5 Å². The first-order chi connectivity index (χ1) is 13.0. The smallest absolute Gasteiger partial charge is 0.133 e. The van der Waals surface area contributed by atoms with Crippen molar-refractivity contribution >= 4 is 45.7 Å². The van der Waals surface area contributed by atoms with E-state index in [1.807, 2.05) is 24.3 Å². The van der Waals surface area contributed by atoms with Crippen LogP contribution in [0.3, 0.4) is 0 Å². The van der Waals surface area contributed by atoms with Gasteiger partial charge in [-0.1, -0.05) is 0 Å². The van der Waals surface area contributed by atoms with Gasteiger partial charge in [-0.25, -0.2) is 20.8 Å². The summed E-state index contributed by atoms with van der Waals surface area (Å²) < 4.78 is 0. The normalized spacial score (nSPS) is 11.6. The molecule has 0 aliphatic rings. The van der Waals surface area contributed by atoms with Gasteiger partial charge >= 0.3 is 0 Å². The molecular weight excluding hydrogens is 360 g/mol. The number of rotatable bonds is 6. The summed E-state index contributed by atoms with van der Waals surface area (Å²) >= 11 is 1.76. The number of hydrogen-bond acceptors (Lipinski definition) is 9. The van der Waals surface area contributed by atoms with Crippen LogP contribution in [0, 0.1) is 0 Å². The van der Waals surface area contributed by atoms with Gasteiger partial charge in [-0.05, 0) is 41.5 Å². The Morgan fingerprint density at radius 2 is 2.04 bits per heavy atom. The fourth-order valence-corrected chi connectivity index (χ4v) is 3.20. The number of fused-ring (bicyclic) bond motifs is 1. The molecule has 9 heteroatoms. The molecule has 0 aromatic carbocycles. The standard InChI is InChI=1S/C18H22N8S/c1-26(21)15(8-19)14-6-12-7-17(23-9-13(12)18(20)24-14)25-16-5-11(10-27-2)3-4-22-16/h3-9H,10,19,21H2,1-2H3,(H2,20,24)(H,22,23,25)/b15-8-. The lowest BCUT2D eigenvalue weighted by atomic mass is 10.1. The zero-order valence-corrected chi connectivity index (χ0v) is 16.0. The van der Waals surface area contributed by atoms with Crippen LogP contribution in [-0.4, -0.2) is 33.3 Å². The largest absolute Gasteiger partial charge is 0.403 e. The fraction of sp³-hybridized carbons (Fsp3) is 0.167.